The summed E-state index contributed by atoms with van der Waals surface area (Å²) in [5, 5.41) is 0. The van der Waals surface area contributed by atoms with Crippen LogP contribution in [0.1, 0.15) is 56.3 Å². The van der Waals surface area contributed by atoms with Gasteiger partial charge in [0.2, 0.25) is 0 Å². The Morgan fingerprint density at radius 3 is 2.65 bits per heavy atom. The SMILES string of the molecule is CC(C)CCN(C(=O)c1ccc(N)nc1)C1CCCC1. The van der Waals surface area contributed by atoms with E-state index in [1.807, 2.05) is 0 Å². The molecule has 110 valence electrons. The maximum Gasteiger partial charge on any atom is 0.255 e. The molecule has 4 heteroatoms. The lowest BCUT2D eigenvalue weighted by atomic mass is 10.1. The van der Waals surface area contributed by atoms with Crippen LogP contribution in [-0.4, -0.2) is 28.4 Å². The van der Waals surface area contributed by atoms with Crippen LogP contribution in [0, 0.1) is 5.92 Å². The van der Waals surface area contributed by atoms with Gasteiger partial charge in [-0.15, -0.1) is 0 Å². The number of amides is 1. The van der Waals surface area contributed by atoms with Crippen molar-refractivity contribution >= 4 is 11.7 Å². The Bertz CT molecular complexity index is 436. The fourth-order valence-electron chi connectivity index (χ4n) is 2.76. The van der Waals surface area contributed by atoms with Crippen molar-refractivity contribution in [3.05, 3.63) is 23.9 Å². The molecule has 2 N–H and O–H groups in total. The van der Waals surface area contributed by atoms with Gasteiger partial charge in [-0.25, -0.2) is 4.98 Å². The molecule has 2 rings (SSSR count). The van der Waals surface area contributed by atoms with E-state index in [1.54, 1.807) is 18.3 Å². The number of hydrogen-bond donors (Lipinski definition) is 1. The molecule has 4 nitrogen and oxygen atoms in total. The highest BCUT2D eigenvalue weighted by Crippen LogP contribution is 2.25. The molecule has 1 aromatic rings. The van der Waals surface area contributed by atoms with Crippen LogP contribution in [-0.2, 0) is 0 Å². The van der Waals surface area contributed by atoms with Gasteiger partial charge in [0.05, 0.1) is 5.56 Å². The zero-order chi connectivity index (χ0) is 14.5. The first kappa shape index (κ1) is 14.8. The lowest BCUT2D eigenvalue weighted by Crippen LogP contribution is -2.40. The number of carbonyl (C=O) groups excluding carboxylic acids is 1. The smallest absolute Gasteiger partial charge is 0.255 e. The molecule has 1 aliphatic rings. The van der Waals surface area contributed by atoms with E-state index in [1.165, 1.54) is 12.8 Å². The fourth-order valence-corrected chi connectivity index (χ4v) is 2.76. The minimum atomic E-state index is 0.102. The van der Waals surface area contributed by atoms with Crippen LogP contribution in [0.3, 0.4) is 0 Å². The second-order valence-corrected chi connectivity index (χ2v) is 6.09. The fraction of sp³-hybridized carbons (Fsp3) is 0.625. The van der Waals surface area contributed by atoms with Crippen molar-refractivity contribution in [3.8, 4) is 0 Å². The molecule has 0 aromatic carbocycles. The van der Waals surface area contributed by atoms with E-state index in [0.717, 1.165) is 25.8 Å². The molecular weight excluding hydrogens is 250 g/mol. The number of pyridine rings is 1. The van der Waals surface area contributed by atoms with Gasteiger partial charge < -0.3 is 10.6 Å². The molecule has 0 spiro atoms. The Kier molecular flexibility index (Phi) is 4.99. The van der Waals surface area contributed by atoms with Crippen LogP contribution in [0.5, 0.6) is 0 Å². The molecule has 0 atom stereocenters. The summed E-state index contributed by atoms with van der Waals surface area (Å²) < 4.78 is 0. The van der Waals surface area contributed by atoms with Crippen molar-refractivity contribution in [3.63, 3.8) is 0 Å². The number of aromatic nitrogens is 1. The van der Waals surface area contributed by atoms with Crippen LogP contribution in [0.2, 0.25) is 0 Å². The molecule has 20 heavy (non-hydrogen) atoms. The summed E-state index contributed by atoms with van der Waals surface area (Å²) in [6.07, 6.45) is 7.37. The Morgan fingerprint density at radius 2 is 2.10 bits per heavy atom. The Balaban J connectivity index is 2.11. The lowest BCUT2D eigenvalue weighted by Gasteiger charge is -2.29. The molecule has 0 bridgehead atoms. The van der Waals surface area contributed by atoms with Crippen molar-refractivity contribution in [1.82, 2.24) is 9.88 Å². The van der Waals surface area contributed by atoms with Crippen molar-refractivity contribution in [2.75, 3.05) is 12.3 Å². The Morgan fingerprint density at radius 1 is 1.40 bits per heavy atom. The number of nitrogens with two attached hydrogens (primary N) is 1. The zero-order valence-electron chi connectivity index (χ0n) is 12.5. The maximum atomic E-state index is 12.7. The molecule has 1 amide bonds. The van der Waals surface area contributed by atoms with Crippen LogP contribution in [0.4, 0.5) is 5.82 Å². The van der Waals surface area contributed by atoms with Gasteiger partial charge in [0.15, 0.2) is 0 Å². The summed E-state index contributed by atoms with van der Waals surface area (Å²) in [6.45, 7) is 5.23. The van der Waals surface area contributed by atoms with Crippen molar-refractivity contribution in [2.24, 2.45) is 5.92 Å². The highest BCUT2D eigenvalue weighted by Gasteiger charge is 2.27. The minimum absolute atomic E-state index is 0.102. The van der Waals surface area contributed by atoms with E-state index < -0.39 is 0 Å². The summed E-state index contributed by atoms with van der Waals surface area (Å²) in [4.78, 5) is 18.8. The summed E-state index contributed by atoms with van der Waals surface area (Å²) in [5.41, 5.74) is 6.24. The number of hydrogen-bond acceptors (Lipinski definition) is 3. The second kappa shape index (κ2) is 6.73. The number of carbonyl (C=O) groups is 1. The third-order valence-electron chi connectivity index (χ3n) is 4.01. The first-order valence-electron chi connectivity index (χ1n) is 7.60. The van der Waals surface area contributed by atoms with Gasteiger partial charge in [-0.05, 0) is 37.3 Å². The van der Waals surface area contributed by atoms with E-state index in [4.69, 9.17) is 5.73 Å². The molecule has 1 heterocycles. The molecule has 1 aliphatic carbocycles. The van der Waals surface area contributed by atoms with E-state index in [9.17, 15) is 4.79 Å². The van der Waals surface area contributed by atoms with Gasteiger partial charge in [-0.3, -0.25) is 4.79 Å². The largest absolute Gasteiger partial charge is 0.384 e. The van der Waals surface area contributed by atoms with Gasteiger partial charge >= 0.3 is 0 Å². The third kappa shape index (κ3) is 3.71. The van der Waals surface area contributed by atoms with Gasteiger partial charge in [-0.1, -0.05) is 26.7 Å². The predicted molar refractivity (Wildman–Crippen MR) is 81.4 cm³/mol. The zero-order valence-corrected chi connectivity index (χ0v) is 12.5. The van der Waals surface area contributed by atoms with E-state index >= 15 is 0 Å². The molecule has 1 saturated carbocycles. The average molecular weight is 275 g/mol. The molecule has 1 aromatic heterocycles. The summed E-state index contributed by atoms with van der Waals surface area (Å²) in [6, 6.07) is 3.88. The van der Waals surface area contributed by atoms with Crippen molar-refractivity contribution < 1.29 is 4.79 Å². The quantitative estimate of drug-likeness (QED) is 0.898. The van der Waals surface area contributed by atoms with Gasteiger partial charge in [0, 0.05) is 18.8 Å². The number of nitrogen functional groups attached to an aromatic ring is 1. The summed E-state index contributed by atoms with van der Waals surface area (Å²) in [5.74, 6) is 1.16. The lowest BCUT2D eigenvalue weighted by molar-refractivity contribution is 0.0671. The normalized spacial score (nSPS) is 15.8. The maximum absolute atomic E-state index is 12.7. The van der Waals surface area contributed by atoms with Crippen LogP contribution in [0.15, 0.2) is 18.3 Å². The van der Waals surface area contributed by atoms with Crippen molar-refractivity contribution in [2.45, 2.75) is 52.0 Å². The highest BCUT2D eigenvalue weighted by molar-refractivity contribution is 5.94. The van der Waals surface area contributed by atoms with Gasteiger partial charge in [0.1, 0.15) is 5.82 Å². The standard InChI is InChI=1S/C16H25N3O/c1-12(2)9-10-19(14-5-3-4-6-14)16(20)13-7-8-15(17)18-11-13/h7-8,11-12,14H,3-6,9-10H2,1-2H3,(H2,17,18). The Hall–Kier alpha value is -1.58. The summed E-state index contributed by atoms with van der Waals surface area (Å²) >= 11 is 0. The molecule has 0 saturated heterocycles. The van der Waals surface area contributed by atoms with Crippen LogP contribution < -0.4 is 5.73 Å². The topological polar surface area (TPSA) is 59.2 Å². The average Bonchev–Trinajstić information content (AvgIpc) is 2.93. The Labute approximate surface area is 121 Å². The van der Waals surface area contributed by atoms with E-state index in [0.29, 0.717) is 23.3 Å². The minimum Gasteiger partial charge on any atom is -0.384 e. The third-order valence-corrected chi connectivity index (χ3v) is 4.01. The first-order chi connectivity index (χ1) is 9.58. The van der Waals surface area contributed by atoms with Gasteiger partial charge in [-0.2, -0.15) is 0 Å². The number of anilines is 1. The molecule has 0 radical (unpaired) electrons. The van der Waals surface area contributed by atoms with Crippen LogP contribution in [0.25, 0.3) is 0 Å². The van der Waals surface area contributed by atoms with Crippen molar-refractivity contribution in [1.29, 1.82) is 0 Å². The van der Waals surface area contributed by atoms with Crippen LogP contribution >= 0.6 is 0 Å². The van der Waals surface area contributed by atoms with E-state index in [2.05, 4.69) is 23.7 Å². The highest BCUT2D eigenvalue weighted by atomic mass is 16.2. The monoisotopic (exact) mass is 275 g/mol. The number of rotatable bonds is 5. The second-order valence-electron chi connectivity index (χ2n) is 6.09. The van der Waals surface area contributed by atoms with Gasteiger partial charge in [0.25, 0.3) is 5.91 Å². The molecular formula is C16H25N3O. The van der Waals surface area contributed by atoms with E-state index in [-0.39, 0.29) is 5.91 Å². The molecule has 0 aliphatic heterocycles. The predicted octanol–water partition coefficient (Wildman–Crippen LogP) is 3.09. The molecule has 0 unspecified atom stereocenters. The summed E-state index contributed by atoms with van der Waals surface area (Å²) in [7, 11) is 0. The number of nitrogens with zero attached hydrogens (tertiary/aromatic N) is 2. The molecule has 1 fully saturated rings. The first-order valence-corrected chi connectivity index (χ1v) is 7.60.